The van der Waals surface area contributed by atoms with Gasteiger partial charge in [0, 0.05) is 6.54 Å². The highest BCUT2D eigenvalue weighted by Crippen LogP contribution is 2.24. The predicted octanol–water partition coefficient (Wildman–Crippen LogP) is 4.01. The standard InChI is InChI=1S/C35H56N4O8/c1-8-9-15-26(37-32(41)28(19-24(6)7)39-35(44)46-20-25-13-11-10-12-14-25)21-45-34(43)30-29(47-30)33(42)38-27(18-23(4)5)31(40)36-17-16-22(2)3/h10-14,22-24,26-30H,8-9,15-21H2,1-7H3,(H,36,40)(H,37,41)(H,38,42)(H,39,44)/t26?,27-,28-,29-,30-/m0/s1. The second-order valence-corrected chi connectivity index (χ2v) is 13.5. The van der Waals surface area contributed by atoms with Crippen molar-refractivity contribution in [3.8, 4) is 0 Å². The minimum absolute atomic E-state index is 0.0733. The van der Waals surface area contributed by atoms with Crippen molar-refractivity contribution in [3.05, 3.63) is 35.9 Å². The van der Waals surface area contributed by atoms with Crippen molar-refractivity contribution in [2.24, 2.45) is 17.8 Å². The smallest absolute Gasteiger partial charge is 0.408 e. The van der Waals surface area contributed by atoms with Gasteiger partial charge in [-0.15, -0.1) is 0 Å². The molecule has 0 saturated carbocycles. The Morgan fingerprint density at radius 1 is 0.766 bits per heavy atom. The lowest BCUT2D eigenvalue weighted by molar-refractivity contribution is -0.146. The summed E-state index contributed by atoms with van der Waals surface area (Å²) in [5.74, 6) is -1.25. The minimum Gasteiger partial charge on any atom is -0.461 e. The first kappa shape index (κ1) is 39.5. The van der Waals surface area contributed by atoms with Gasteiger partial charge in [-0.05, 0) is 49.0 Å². The molecule has 1 aliphatic rings. The molecule has 5 atom stereocenters. The summed E-state index contributed by atoms with van der Waals surface area (Å²) in [5.41, 5.74) is 0.825. The van der Waals surface area contributed by atoms with Crippen molar-refractivity contribution >= 4 is 29.8 Å². The number of benzene rings is 1. The van der Waals surface area contributed by atoms with Crippen LogP contribution in [0, 0.1) is 17.8 Å². The van der Waals surface area contributed by atoms with Gasteiger partial charge in [-0.2, -0.15) is 0 Å². The van der Waals surface area contributed by atoms with Gasteiger partial charge in [0.1, 0.15) is 25.3 Å². The molecular formula is C35H56N4O8. The zero-order chi connectivity index (χ0) is 34.9. The molecule has 1 saturated heterocycles. The summed E-state index contributed by atoms with van der Waals surface area (Å²) in [4.78, 5) is 64.2. The molecule has 0 radical (unpaired) electrons. The van der Waals surface area contributed by atoms with Gasteiger partial charge in [0.15, 0.2) is 12.2 Å². The third-order valence-corrected chi connectivity index (χ3v) is 7.55. The largest absolute Gasteiger partial charge is 0.461 e. The van der Waals surface area contributed by atoms with E-state index in [9.17, 15) is 24.0 Å². The highest BCUT2D eigenvalue weighted by molar-refractivity contribution is 5.95. The van der Waals surface area contributed by atoms with Crippen molar-refractivity contribution < 1.29 is 38.2 Å². The maximum absolute atomic E-state index is 13.3. The molecule has 1 aliphatic heterocycles. The Hall–Kier alpha value is -3.67. The molecular weight excluding hydrogens is 604 g/mol. The van der Waals surface area contributed by atoms with Crippen molar-refractivity contribution in [2.75, 3.05) is 13.2 Å². The Kier molecular flexibility index (Phi) is 17.3. The fourth-order valence-electron chi connectivity index (χ4n) is 4.88. The number of nitrogens with one attached hydrogen (secondary N) is 4. The second kappa shape index (κ2) is 20.5. The van der Waals surface area contributed by atoms with Crippen LogP contribution in [0.2, 0.25) is 0 Å². The average molecular weight is 661 g/mol. The summed E-state index contributed by atoms with van der Waals surface area (Å²) in [6, 6.07) is 7.13. The molecule has 1 aromatic rings. The minimum atomic E-state index is -1.09. The summed E-state index contributed by atoms with van der Waals surface area (Å²) in [7, 11) is 0. The number of esters is 1. The summed E-state index contributed by atoms with van der Waals surface area (Å²) < 4.78 is 16.1. The van der Waals surface area contributed by atoms with Crippen LogP contribution in [0.15, 0.2) is 30.3 Å². The second-order valence-electron chi connectivity index (χ2n) is 13.5. The van der Waals surface area contributed by atoms with E-state index in [0.29, 0.717) is 31.7 Å². The van der Waals surface area contributed by atoms with Crippen molar-refractivity contribution in [1.29, 1.82) is 0 Å². The number of carbonyl (C=O) groups excluding carboxylic acids is 5. The molecule has 1 fully saturated rings. The molecule has 1 heterocycles. The van der Waals surface area contributed by atoms with Crippen LogP contribution in [0.25, 0.3) is 0 Å². The lowest BCUT2D eigenvalue weighted by atomic mass is 10.0. The number of ether oxygens (including phenoxy) is 3. The van der Waals surface area contributed by atoms with Crippen LogP contribution in [0.4, 0.5) is 4.79 Å². The highest BCUT2D eigenvalue weighted by Gasteiger charge is 2.52. The monoisotopic (exact) mass is 660 g/mol. The van der Waals surface area contributed by atoms with Crippen LogP contribution in [-0.2, 0) is 40.0 Å². The zero-order valence-corrected chi connectivity index (χ0v) is 29.1. The van der Waals surface area contributed by atoms with Crippen LogP contribution in [0.1, 0.15) is 92.6 Å². The Morgan fingerprint density at radius 2 is 1.40 bits per heavy atom. The molecule has 4 N–H and O–H groups in total. The quantitative estimate of drug-likeness (QED) is 0.114. The van der Waals surface area contributed by atoms with E-state index in [1.807, 2.05) is 65.0 Å². The number of unbranched alkanes of at least 4 members (excludes halogenated alkanes) is 1. The molecule has 264 valence electrons. The van der Waals surface area contributed by atoms with Crippen molar-refractivity contribution in [2.45, 2.75) is 124 Å². The summed E-state index contributed by atoms with van der Waals surface area (Å²) in [6.45, 7) is 14.4. The fourth-order valence-corrected chi connectivity index (χ4v) is 4.88. The number of amides is 4. The molecule has 12 nitrogen and oxygen atoms in total. The highest BCUT2D eigenvalue weighted by atomic mass is 16.6. The van der Waals surface area contributed by atoms with Crippen LogP contribution < -0.4 is 21.3 Å². The topological polar surface area (TPSA) is 164 Å². The molecule has 2 rings (SSSR count). The normalized spacial score (nSPS) is 17.4. The third kappa shape index (κ3) is 15.6. The third-order valence-electron chi connectivity index (χ3n) is 7.55. The van der Waals surface area contributed by atoms with E-state index in [-0.39, 0.29) is 31.0 Å². The number of hydrogen-bond acceptors (Lipinski definition) is 8. The van der Waals surface area contributed by atoms with Crippen LogP contribution >= 0.6 is 0 Å². The molecule has 1 aromatic carbocycles. The molecule has 4 amide bonds. The Bertz CT molecular complexity index is 1140. The first-order valence-corrected chi connectivity index (χ1v) is 17.0. The molecule has 12 heteroatoms. The van der Waals surface area contributed by atoms with Crippen LogP contribution in [0.5, 0.6) is 0 Å². The Balaban J connectivity index is 1.91. The van der Waals surface area contributed by atoms with Crippen molar-refractivity contribution in [1.82, 2.24) is 21.3 Å². The maximum atomic E-state index is 13.3. The lowest BCUT2D eigenvalue weighted by Crippen LogP contribution is -2.51. The summed E-state index contributed by atoms with van der Waals surface area (Å²) in [5, 5.41) is 11.2. The number of carbonyl (C=O) groups is 5. The Labute approximate surface area is 279 Å². The summed E-state index contributed by atoms with van der Waals surface area (Å²) in [6.07, 6.45) is 0.975. The molecule has 0 aromatic heterocycles. The zero-order valence-electron chi connectivity index (χ0n) is 29.1. The van der Waals surface area contributed by atoms with E-state index in [2.05, 4.69) is 35.1 Å². The van der Waals surface area contributed by atoms with Gasteiger partial charge in [0.25, 0.3) is 5.91 Å². The number of alkyl carbamates (subject to hydrolysis) is 1. The van der Waals surface area contributed by atoms with Crippen molar-refractivity contribution in [3.63, 3.8) is 0 Å². The van der Waals surface area contributed by atoms with Gasteiger partial charge >= 0.3 is 12.1 Å². The molecule has 47 heavy (non-hydrogen) atoms. The van der Waals surface area contributed by atoms with E-state index < -0.39 is 54.2 Å². The molecule has 0 spiro atoms. The molecule has 0 aliphatic carbocycles. The van der Waals surface area contributed by atoms with Gasteiger partial charge in [0.2, 0.25) is 11.8 Å². The van der Waals surface area contributed by atoms with Crippen LogP contribution in [-0.4, -0.2) is 73.3 Å². The molecule has 0 bridgehead atoms. The van der Waals surface area contributed by atoms with E-state index in [1.165, 1.54) is 0 Å². The van der Waals surface area contributed by atoms with Crippen LogP contribution in [0.3, 0.4) is 0 Å². The lowest BCUT2D eigenvalue weighted by Gasteiger charge is -2.24. The van der Waals surface area contributed by atoms with E-state index in [1.54, 1.807) is 0 Å². The van der Waals surface area contributed by atoms with Gasteiger partial charge in [-0.3, -0.25) is 14.4 Å². The van der Waals surface area contributed by atoms with E-state index in [4.69, 9.17) is 14.2 Å². The fraction of sp³-hybridized carbons (Fsp3) is 0.686. The number of rotatable bonds is 21. The van der Waals surface area contributed by atoms with E-state index in [0.717, 1.165) is 24.8 Å². The van der Waals surface area contributed by atoms with Gasteiger partial charge in [-0.25, -0.2) is 9.59 Å². The van der Waals surface area contributed by atoms with E-state index >= 15 is 0 Å². The summed E-state index contributed by atoms with van der Waals surface area (Å²) >= 11 is 0. The predicted molar refractivity (Wildman–Crippen MR) is 178 cm³/mol. The van der Waals surface area contributed by atoms with Gasteiger partial charge < -0.3 is 35.5 Å². The average Bonchev–Trinajstić information content (AvgIpc) is 3.82. The molecule has 1 unspecified atom stereocenters. The maximum Gasteiger partial charge on any atom is 0.408 e. The SMILES string of the molecule is CCCCC(COC(=O)[C@H]1O[C@@H]1C(=O)N[C@@H](CC(C)C)C(=O)NCCC(C)C)NC(=O)[C@H](CC(C)C)NC(=O)OCc1ccccc1. The van der Waals surface area contributed by atoms with Gasteiger partial charge in [0.05, 0.1) is 6.04 Å². The first-order valence-electron chi connectivity index (χ1n) is 17.0. The number of hydrogen-bond donors (Lipinski definition) is 4. The number of epoxide rings is 1. The Morgan fingerprint density at radius 3 is 2.00 bits per heavy atom. The first-order chi connectivity index (χ1) is 22.3. The van der Waals surface area contributed by atoms with Gasteiger partial charge in [-0.1, -0.05) is 91.6 Å².